The van der Waals surface area contributed by atoms with Crippen molar-refractivity contribution in [3.8, 4) is 11.4 Å². The van der Waals surface area contributed by atoms with Gasteiger partial charge in [-0.2, -0.15) is 0 Å². The van der Waals surface area contributed by atoms with Crippen molar-refractivity contribution in [1.29, 1.82) is 0 Å². The van der Waals surface area contributed by atoms with E-state index in [0.717, 1.165) is 22.8 Å². The minimum Gasteiger partial charge on any atom is -0.378 e. The number of rotatable bonds is 9. The highest BCUT2D eigenvalue weighted by Gasteiger charge is 2.35. The fraction of sp³-hybridized carbons (Fsp3) is 0.444. The third kappa shape index (κ3) is 5.20. The van der Waals surface area contributed by atoms with Crippen LogP contribution in [0, 0.1) is 0 Å². The van der Waals surface area contributed by atoms with E-state index in [4.69, 9.17) is 21.3 Å². The van der Waals surface area contributed by atoms with E-state index < -0.39 is 0 Å². The number of benzene rings is 1. The first-order chi connectivity index (χ1) is 17.4. The maximum atomic E-state index is 13.8. The van der Waals surface area contributed by atoms with Crippen LogP contribution in [-0.4, -0.2) is 60.5 Å². The molecule has 0 spiro atoms. The Morgan fingerprint density at radius 1 is 1.17 bits per heavy atom. The molecule has 0 amide bonds. The van der Waals surface area contributed by atoms with E-state index in [1.54, 1.807) is 10.8 Å². The van der Waals surface area contributed by atoms with Crippen molar-refractivity contribution in [3.63, 3.8) is 0 Å². The van der Waals surface area contributed by atoms with Gasteiger partial charge >= 0.3 is 0 Å². The number of hydrogen-bond acceptors (Lipinski definition) is 7. The largest absolute Gasteiger partial charge is 0.378 e. The Balaban J connectivity index is 1.71. The van der Waals surface area contributed by atoms with Crippen molar-refractivity contribution in [2.24, 2.45) is 0 Å². The molecule has 2 aromatic heterocycles. The van der Waals surface area contributed by atoms with Gasteiger partial charge in [-0.25, -0.2) is 9.97 Å². The van der Waals surface area contributed by atoms with Gasteiger partial charge in [0.2, 0.25) is 0 Å². The van der Waals surface area contributed by atoms with Crippen LogP contribution in [0.2, 0.25) is 5.02 Å². The first-order valence-corrected chi connectivity index (χ1v) is 12.9. The molecule has 2 atom stereocenters. The maximum absolute atomic E-state index is 13.8. The van der Waals surface area contributed by atoms with Gasteiger partial charge in [0.25, 0.3) is 5.56 Å². The van der Waals surface area contributed by atoms with Crippen molar-refractivity contribution in [2.45, 2.75) is 45.9 Å². The van der Waals surface area contributed by atoms with Crippen LogP contribution in [0.1, 0.15) is 26.5 Å². The summed E-state index contributed by atoms with van der Waals surface area (Å²) in [5, 5.41) is 4.09. The van der Waals surface area contributed by atoms with Crippen LogP contribution < -0.4 is 20.7 Å². The molecule has 0 aliphatic carbocycles. The number of ether oxygens (including phenoxy) is 1. The summed E-state index contributed by atoms with van der Waals surface area (Å²) in [7, 11) is 3.93. The third-order valence-corrected chi connectivity index (χ3v) is 6.87. The van der Waals surface area contributed by atoms with Gasteiger partial charge in [0.05, 0.1) is 22.9 Å². The molecule has 3 aromatic rings. The second-order valence-corrected chi connectivity index (χ2v) is 9.46. The van der Waals surface area contributed by atoms with Crippen LogP contribution in [0.5, 0.6) is 0 Å². The molecule has 4 rings (SSSR count). The molecule has 1 N–H and O–H groups in total. The molecule has 8 nitrogen and oxygen atoms in total. The highest BCUT2D eigenvalue weighted by Crippen LogP contribution is 2.31. The minimum absolute atomic E-state index is 0.0779. The molecule has 1 aliphatic rings. The van der Waals surface area contributed by atoms with Crippen molar-refractivity contribution in [2.75, 3.05) is 48.9 Å². The van der Waals surface area contributed by atoms with E-state index in [1.807, 2.05) is 76.2 Å². The predicted octanol–water partition coefficient (Wildman–Crippen LogP) is 4.31. The number of aromatic nitrogens is 3. The van der Waals surface area contributed by atoms with E-state index in [2.05, 4.69) is 15.2 Å². The molecule has 1 aliphatic heterocycles. The zero-order valence-electron chi connectivity index (χ0n) is 21.7. The normalized spacial score (nSPS) is 17.4. The molecule has 1 aromatic carbocycles. The molecule has 1 saturated heterocycles. The van der Waals surface area contributed by atoms with Gasteiger partial charge in [0.15, 0.2) is 0 Å². The van der Waals surface area contributed by atoms with E-state index in [0.29, 0.717) is 49.2 Å². The standard InChI is InChI=1S/C27H35ClN6O2/c1-6-21-25(30-22-16-33(17-23(22)36-8-3)24-11-9-10-14-29-24)27(35)34(7-2)26(31-21)19-13-12-18(32(4)5)15-20(19)28/h9-15,22-23,30H,6-8,16-17H2,1-5H3. The number of hydrogen-bond donors (Lipinski definition) is 1. The second kappa shape index (κ2) is 11.3. The molecule has 0 saturated carbocycles. The first kappa shape index (κ1) is 26.0. The molecule has 36 heavy (non-hydrogen) atoms. The summed E-state index contributed by atoms with van der Waals surface area (Å²) in [6, 6.07) is 11.6. The van der Waals surface area contributed by atoms with Crippen LogP contribution in [0.15, 0.2) is 47.4 Å². The van der Waals surface area contributed by atoms with Crippen LogP contribution in [0.4, 0.5) is 17.2 Å². The van der Waals surface area contributed by atoms with E-state index >= 15 is 0 Å². The molecule has 0 bridgehead atoms. The molecule has 2 unspecified atom stereocenters. The van der Waals surface area contributed by atoms with Crippen molar-refractivity contribution in [3.05, 3.63) is 63.7 Å². The lowest BCUT2D eigenvalue weighted by Gasteiger charge is -2.23. The number of nitrogens with one attached hydrogen (secondary N) is 1. The average Bonchev–Trinajstić information content (AvgIpc) is 3.28. The van der Waals surface area contributed by atoms with Crippen LogP contribution in [-0.2, 0) is 17.7 Å². The van der Waals surface area contributed by atoms with Gasteiger partial charge in [0.1, 0.15) is 17.3 Å². The first-order valence-electron chi connectivity index (χ1n) is 12.5. The molecular formula is C27H35ClN6O2. The summed E-state index contributed by atoms with van der Waals surface area (Å²) in [6.07, 6.45) is 2.32. The quantitative estimate of drug-likeness (QED) is 0.459. The summed E-state index contributed by atoms with van der Waals surface area (Å²) >= 11 is 6.66. The lowest BCUT2D eigenvalue weighted by atomic mass is 10.1. The van der Waals surface area contributed by atoms with Crippen LogP contribution in [0.25, 0.3) is 11.4 Å². The van der Waals surface area contributed by atoms with Gasteiger partial charge in [-0.05, 0) is 50.6 Å². The van der Waals surface area contributed by atoms with Crippen molar-refractivity contribution >= 4 is 28.8 Å². The summed E-state index contributed by atoms with van der Waals surface area (Å²) in [5.74, 6) is 1.49. The van der Waals surface area contributed by atoms with Gasteiger partial charge in [-0.15, -0.1) is 0 Å². The maximum Gasteiger partial charge on any atom is 0.277 e. The van der Waals surface area contributed by atoms with Crippen molar-refractivity contribution in [1.82, 2.24) is 14.5 Å². The van der Waals surface area contributed by atoms with E-state index in [1.165, 1.54) is 0 Å². The lowest BCUT2D eigenvalue weighted by Crippen LogP contribution is -2.38. The highest BCUT2D eigenvalue weighted by atomic mass is 35.5. The zero-order valence-corrected chi connectivity index (χ0v) is 22.4. The number of halogens is 1. The van der Waals surface area contributed by atoms with Crippen LogP contribution in [0.3, 0.4) is 0 Å². The Kier molecular flexibility index (Phi) is 8.16. The zero-order chi connectivity index (χ0) is 25.8. The summed E-state index contributed by atoms with van der Waals surface area (Å²) in [4.78, 5) is 27.4. The summed E-state index contributed by atoms with van der Waals surface area (Å²) < 4.78 is 7.76. The van der Waals surface area contributed by atoms with Gasteiger partial charge < -0.3 is 19.9 Å². The number of pyridine rings is 1. The average molecular weight is 511 g/mol. The Morgan fingerprint density at radius 2 is 1.97 bits per heavy atom. The summed E-state index contributed by atoms with van der Waals surface area (Å²) in [6.45, 7) is 8.40. The van der Waals surface area contributed by atoms with Gasteiger partial charge in [-0.1, -0.05) is 24.6 Å². The monoisotopic (exact) mass is 510 g/mol. The predicted molar refractivity (Wildman–Crippen MR) is 148 cm³/mol. The molecule has 3 heterocycles. The Bertz CT molecular complexity index is 1250. The lowest BCUT2D eigenvalue weighted by molar-refractivity contribution is 0.0719. The molecule has 9 heteroatoms. The number of nitrogens with zero attached hydrogens (tertiary/aromatic N) is 5. The highest BCUT2D eigenvalue weighted by molar-refractivity contribution is 6.33. The topological polar surface area (TPSA) is 75.5 Å². The number of anilines is 3. The Labute approximate surface area is 217 Å². The molecule has 192 valence electrons. The number of aryl methyl sites for hydroxylation is 1. The van der Waals surface area contributed by atoms with Gasteiger partial charge in [0, 0.05) is 57.8 Å². The molecule has 1 fully saturated rings. The van der Waals surface area contributed by atoms with Gasteiger partial charge in [-0.3, -0.25) is 9.36 Å². The third-order valence-electron chi connectivity index (χ3n) is 6.56. The molecular weight excluding hydrogens is 476 g/mol. The Hall–Kier alpha value is -3.10. The SMILES string of the molecule is CCOC1CN(c2ccccn2)CC1Nc1c(CC)nc(-c2ccc(N(C)C)cc2Cl)n(CC)c1=O. The van der Waals surface area contributed by atoms with E-state index in [9.17, 15) is 4.79 Å². The Morgan fingerprint density at radius 3 is 2.58 bits per heavy atom. The minimum atomic E-state index is -0.0985. The second-order valence-electron chi connectivity index (χ2n) is 9.06. The van der Waals surface area contributed by atoms with Crippen LogP contribution >= 0.6 is 11.6 Å². The molecule has 0 radical (unpaired) electrons. The van der Waals surface area contributed by atoms with Crippen molar-refractivity contribution < 1.29 is 4.74 Å². The summed E-state index contributed by atoms with van der Waals surface area (Å²) in [5.41, 5.74) is 2.89. The smallest absolute Gasteiger partial charge is 0.277 e. The fourth-order valence-corrected chi connectivity index (χ4v) is 4.93. The fourth-order valence-electron chi connectivity index (χ4n) is 4.67. The van der Waals surface area contributed by atoms with E-state index in [-0.39, 0.29) is 17.7 Å².